The van der Waals surface area contributed by atoms with E-state index in [1.165, 1.54) is 5.56 Å². The van der Waals surface area contributed by atoms with Gasteiger partial charge in [-0.2, -0.15) is 0 Å². The summed E-state index contributed by atoms with van der Waals surface area (Å²) >= 11 is 0. The van der Waals surface area contributed by atoms with Crippen molar-refractivity contribution in [3.8, 4) is 11.5 Å². The maximum atomic E-state index is 13.6. The van der Waals surface area contributed by atoms with Crippen LogP contribution < -0.4 is 14.8 Å². The first-order valence-electron chi connectivity index (χ1n) is 13.3. The van der Waals surface area contributed by atoms with Gasteiger partial charge < -0.3 is 24.1 Å². The highest BCUT2D eigenvalue weighted by molar-refractivity contribution is 6.07. The molecular weight excluding hydrogens is 468 g/mol. The molecule has 0 bridgehead atoms. The van der Waals surface area contributed by atoms with E-state index < -0.39 is 5.41 Å². The smallest absolute Gasteiger partial charge is 0.258 e. The number of aryl methyl sites for hydroxylation is 2. The summed E-state index contributed by atoms with van der Waals surface area (Å²) in [6.45, 7) is 5.32. The fourth-order valence-corrected chi connectivity index (χ4v) is 5.74. The molecule has 2 aliphatic rings. The van der Waals surface area contributed by atoms with Gasteiger partial charge in [-0.15, -0.1) is 0 Å². The number of para-hydroxylation sites is 1. The molecule has 2 amide bonds. The zero-order chi connectivity index (χ0) is 26.0. The second-order valence-corrected chi connectivity index (χ2v) is 10.5. The van der Waals surface area contributed by atoms with E-state index in [2.05, 4.69) is 17.4 Å². The van der Waals surface area contributed by atoms with Crippen molar-refractivity contribution in [2.75, 3.05) is 26.8 Å². The quantitative estimate of drug-likeness (QED) is 0.513. The predicted molar refractivity (Wildman–Crippen MR) is 142 cm³/mol. The summed E-state index contributed by atoms with van der Waals surface area (Å²) in [4.78, 5) is 29.1. The Hall–Kier alpha value is -3.48. The van der Waals surface area contributed by atoms with Gasteiger partial charge in [0.2, 0.25) is 5.91 Å². The molecule has 3 heterocycles. The third-order valence-corrected chi connectivity index (χ3v) is 7.96. The van der Waals surface area contributed by atoms with Crippen molar-refractivity contribution in [1.29, 1.82) is 0 Å². The molecule has 5 rings (SSSR count). The first-order valence-corrected chi connectivity index (χ1v) is 13.3. The lowest BCUT2D eigenvalue weighted by Gasteiger charge is -2.41. The summed E-state index contributed by atoms with van der Waals surface area (Å²) < 4.78 is 17.3. The van der Waals surface area contributed by atoms with Crippen LogP contribution in [0.5, 0.6) is 11.5 Å². The van der Waals surface area contributed by atoms with Crippen LogP contribution in [-0.2, 0) is 11.2 Å². The molecular formula is C30H36N2O5. The molecule has 0 unspecified atom stereocenters. The molecule has 2 aromatic carbocycles. The second kappa shape index (κ2) is 10.5. The fourth-order valence-electron chi connectivity index (χ4n) is 5.74. The van der Waals surface area contributed by atoms with E-state index in [-0.39, 0.29) is 17.9 Å². The number of hydrogen-bond donors (Lipinski definition) is 1. The Labute approximate surface area is 218 Å². The van der Waals surface area contributed by atoms with Gasteiger partial charge in [0.05, 0.1) is 24.1 Å². The number of carbonyl (C=O) groups is 2. The van der Waals surface area contributed by atoms with Crippen molar-refractivity contribution in [2.24, 2.45) is 5.41 Å². The summed E-state index contributed by atoms with van der Waals surface area (Å²) in [5.74, 6) is 2.23. The fraction of sp³-hybridized carbons (Fsp3) is 0.467. The largest absolute Gasteiger partial charge is 0.497 e. The minimum Gasteiger partial charge on any atom is -0.497 e. The molecule has 0 aliphatic carbocycles. The zero-order valence-electron chi connectivity index (χ0n) is 22.0. The Morgan fingerprint density at radius 2 is 1.89 bits per heavy atom. The van der Waals surface area contributed by atoms with Crippen LogP contribution in [0.4, 0.5) is 0 Å². The Bertz CT molecular complexity index is 1290. The summed E-state index contributed by atoms with van der Waals surface area (Å²) in [6, 6.07) is 13.6. The average molecular weight is 505 g/mol. The number of fused-ring (bicyclic) bond motifs is 2. The van der Waals surface area contributed by atoms with E-state index in [1.807, 2.05) is 49.1 Å². The minimum atomic E-state index is -0.472. The first kappa shape index (κ1) is 25.2. The van der Waals surface area contributed by atoms with Gasteiger partial charge in [0.1, 0.15) is 29.4 Å². The molecule has 2 aliphatic heterocycles. The highest BCUT2D eigenvalue weighted by Crippen LogP contribution is 2.39. The number of piperidine rings is 1. The van der Waals surface area contributed by atoms with Gasteiger partial charge in [-0.25, -0.2) is 0 Å². The van der Waals surface area contributed by atoms with Crippen molar-refractivity contribution < 1.29 is 23.5 Å². The number of hydrogen-bond acceptors (Lipinski definition) is 5. The van der Waals surface area contributed by atoms with Gasteiger partial charge in [-0.1, -0.05) is 24.6 Å². The Balaban J connectivity index is 1.32. The molecule has 1 fully saturated rings. The van der Waals surface area contributed by atoms with E-state index in [9.17, 15) is 9.59 Å². The highest BCUT2D eigenvalue weighted by atomic mass is 16.5. The van der Waals surface area contributed by atoms with E-state index in [1.54, 1.807) is 7.11 Å². The summed E-state index contributed by atoms with van der Waals surface area (Å²) in [5.41, 5.74) is 2.00. The second-order valence-electron chi connectivity index (χ2n) is 10.5. The molecule has 0 saturated carbocycles. The standard InChI is InChI=1S/C30H36N2O5/c1-20-19-36-25-10-5-4-8-22(25)9-6-7-13-30(29(34)31-20)14-16-32(17-15-30)28(33)27-21(2)37-26-12-11-23(35-3)18-24(26)27/h4-5,8,10-12,18,20H,6-7,9,13-17,19H2,1-3H3,(H,31,34)/t20-/m1/s1. The van der Waals surface area contributed by atoms with Crippen molar-refractivity contribution in [3.05, 3.63) is 59.4 Å². The van der Waals surface area contributed by atoms with E-state index in [0.29, 0.717) is 55.2 Å². The molecule has 3 aromatic rings. The zero-order valence-corrected chi connectivity index (χ0v) is 22.0. The third kappa shape index (κ3) is 5.04. The SMILES string of the molecule is COc1ccc2oc(C)c(C(=O)N3CCC4(CCCCc5ccccc5OC[C@@H](C)NC4=O)CC3)c2c1. The molecule has 1 N–H and O–H groups in total. The highest BCUT2D eigenvalue weighted by Gasteiger charge is 2.42. The monoisotopic (exact) mass is 504 g/mol. The maximum Gasteiger partial charge on any atom is 0.258 e. The Morgan fingerprint density at radius 1 is 1.11 bits per heavy atom. The van der Waals surface area contributed by atoms with Gasteiger partial charge >= 0.3 is 0 Å². The van der Waals surface area contributed by atoms with Crippen molar-refractivity contribution in [3.63, 3.8) is 0 Å². The van der Waals surface area contributed by atoms with Crippen LogP contribution in [0, 0.1) is 12.3 Å². The third-order valence-electron chi connectivity index (χ3n) is 7.96. The lowest BCUT2D eigenvalue weighted by atomic mass is 9.73. The van der Waals surface area contributed by atoms with E-state index in [0.717, 1.165) is 36.8 Å². The minimum absolute atomic E-state index is 0.0497. The predicted octanol–water partition coefficient (Wildman–Crippen LogP) is 5.28. The number of furan rings is 1. The van der Waals surface area contributed by atoms with Crippen LogP contribution in [0.3, 0.4) is 0 Å². The molecule has 1 saturated heterocycles. The number of nitrogens with one attached hydrogen (secondary N) is 1. The number of likely N-dealkylation sites (tertiary alicyclic amines) is 1. The normalized spacial score (nSPS) is 20.4. The number of nitrogens with zero attached hydrogens (tertiary/aromatic N) is 1. The molecule has 1 aromatic heterocycles. The molecule has 1 spiro atoms. The van der Waals surface area contributed by atoms with Gasteiger partial charge in [0, 0.05) is 18.5 Å². The Kier molecular flexibility index (Phi) is 7.13. The number of carbonyl (C=O) groups excluding carboxylic acids is 2. The Morgan fingerprint density at radius 3 is 2.68 bits per heavy atom. The van der Waals surface area contributed by atoms with Gasteiger partial charge in [-0.3, -0.25) is 9.59 Å². The van der Waals surface area contributed by atoms with Crippen molar-refractivity contribution in [2.45, 2.75) is 58.4 Å². The number of amides is 2. The van der Waals surface area contributed by atoms with Gasteiger partial charge in [0.15, 0.2) is 0 Å². The number of methoxy groups -OCH3 is 1. The summed E-state index contributed by atoms with van der Waals surface area (Å²) in [5, 5.41) is 3.97. The van der Waals surface area contributed by atoms with Crippen molar-refractivity contribution >= 4 is 22.8 Å². The van der Waals surface area contributed by atoms with Crippen LogP contribution in [0.15, 0.2) is 46.9 Å². The van der Waals surface area contributed by atoms with Crippen LogP contribution in [-0.4, -0.2) is 49.6 Å². The van der Waals surface area contributed by atoms with Crippen LogP contribution in [0.1, 0.15) is 60.7 Å². The average Bonchev–Trinajstić information content (AvgIpc) is 3.24. The lowest BCUT2D eigenvalue weighted by Crippen LogP contribution is -2.52. The molecule has 37 heavy (non-hydrogen) atoms. The topological polar surface area (TPSA) is 81.0 Å². The molecule has 0 radical (unpaired) electrons. The molecule has 196 valence electrons. The maximum absolute atomic E-state index is 13.6. The number of benzene rings is 2. The summed E-state index contributed by atoms with van der Waals surface area (Å²) in [7, 11) is 1.61. The summed E-state index contributed by atoms with van der Waals surface area (Å²) in [6.07, 6.45) is 5.00. The first-order chi connectivity index (χ1) is 17.9. The molecule has 7 nitrogen and oxygen atoms in total. The van der Waals surface area contributed by atoms with Crippen LogP contribution in [0.2, 0.25) is 0 Å². The van der Waals surface area contributed by atoms with Crippen molar-refractivity contribution in [1.82, 2.24) is 10.2 Å². The van der Waals surface area contributed by atoms with Crippen LogP contribution >= 0.6 is 0 Å². The van der Waals surface area contributed by atoms with Gasteiger partial charge in [-0.05, 0) is 75.8 Å². The molecule has 7 heteroatoms. The van der Waals surface area contributed by atoms with E-state index >= 15 is 0 Å². The number of ether oxygens (including phenoxy) is 2. The lowest BCUT2D eigenvalue weighted by molar-refractivity contribution is -0.135. The molecule has 1 atom stereocenters. The van der Waals surface area contributed by atoms with Crippen LogP contribution in [0.25, 0.3) is 11.0 Å². The van der Waals surface area contributed by atoms with E-state index in [4.69, 9.17) is 13.9 Å². The van der Waals surface area contributed by atoms with Gasteiger partial charge in [0.25, 0.3) is 5.91 Å². The number of rotatable bonds is 2.